The molecule has 1 unspecified atom stereocenters. The molecule has 0 bridgehead atoms. The van der Waals surface area contributed by atoms with Crippen molar-refractivity contribution in [2.24, 2.45) is 0 Å². The third-order valence-corrected chi connectivity index (χ3v) is 4.40. The molecule has 0 aliphatic carbocycles. The van der Waals surface area contributed by atoms with Crippen molar-refractivity contribution in [2.75, 3.05) is 6.54 Å². The van der Waals surface area contributed by atoms with Crippen molar-refractivity contribution in [1.29, 1.82) is 5.26 Å². The molecule has 1 atom stereocenters. The molecular weight excluding hydrogens is 328 g/mol. The van der Waals surface area contributed by atoms with Gasteiger partial charge in [0.05, 0.1) is 17.7 Å². The monoisotopic (exact) mass is 352 g/mol. The van der Waals surface area contributed by atoms with Gasteiger partial charge in [-0.2, -0.15) is 10.4 Å². The first-order chi connectivity index (χ1) is 12.5. The minimum atomic E-state index is -0.213. The smallest absolute Gasteiger partial charge is 0.274 e. The van der Waals surface area contributed by atoms with Crippen LogP contribution >= 0.6 is 0 Å². The Labute approximate surface area is 153 Å². The summed E-state index contributed by atoms with van der Waals surface area (Å²) >= 11 is 0. The van der Waals surface area contributed by atoms with Crippen molar-refractivity contribution in [3.8, 4) is 6.07 Å². The van der Waals surface area contributed by atoms with Gasteiger partial charge in [0.15, 0.2) is 0 Å². The van der Waals surface area contributed by atoms with E-state index in [9.17, 15) is 9.59 Å². The van der Waals surface area contributed by atoms with Gasteiger partial charge in [-0.25, -0.2) is 4.68 Å². The summed E-state index contributed by atoms with van der Waals surface area (Å²) in [5.41, 5.74) is 1.60. The fourth-order valence-electron chi connectivity index (χ4n) is 2.79. The maximum absolute atomic E-state index is 12.9. The number of aromatic nitrogens is 2. The van der Waals surface area contributed by atoms with Crippen LogP contribution in [0.4, 0.5) is 0 Å². The minimum Gasteiger partial charge on any atom is -0.331 e. The normalized spacial score (nSPS) is 11.6. The summed E-state index contributed by atoms with van der Waals surface area (Å²) in [7, 11) is 0. The Hall–Kier alpha value is -2.94. The highest BCUT2D eigenvalue weighted by atomic mass is 16.2. The molecule has 26 heavy (non-hydrogen) atoms. The Morgan fingerprint density at radius 3 is 2.50 bits per heavy atom. The third kappa shape index (κ3) is 4.37. The van der Waals surface area contributed by atoms with Crippen LogP contribution in [-0.2, 0) is 6.54 Å². The van der Waals surface area contributed by atoms with Crippen LogP contribution in [-0.4, -0.2) is 27.1 Å². The number of hydrogen-bond acceptors (Lipinski definition) is 4. The lowest BCUT2D eigenvalue weighted by Gasteiger charge is -2.28. The topological polar surface area (TPSA) is 79.0 Å². The number of carbonyl (C=O) groups excluding carboxylic acids is 1. The van der Waals surface area contributed by atoms with Gasteiger partial charge in [-0.1, -0.05) is 25.5 Å². The first-order valence-electron chi connectivity index (χ1n) is 8.91. The molecule has 0 radical (unpaired) electrons. The molecule has 0 saturated heterocycles. The maximum atomic E-state index is 12.9. The van der Waals surface area contributed by atoms with Gasteiger partial charge in [0.2, 0.25) is 0 Å². The lowest BCUT2D eigenvalue weighted by Crippen LogP contribution is -2.35. The van der Waals surface area contributed by atoms with E-state index < -0.39 is 0 Å². The fraction of sp³-hybridized carbons (Fsp3) is 0.400. The van der Waals surface area contributed by atoms with Gasteiger partial charge in [-0.05, 0) is 44.0 Å². The van der Waals surface area contributed by atoms with Crippen LogP contribution < -0.4 is 5.56 Å². The van der Waals surface area contributed by atoms with Crippen LogP contribution in [0.2, 0.25) is 0 Å². The molecule has 2 aromatic rings. The predicted octanol–water partition coefficient (Wildman–Crippen LogP) is 3.14. The van der Waals surface area contributed by atoms with E-state index in [1.165, 1.54) is 16.8 Å². The van der Waals surface area contributed by atoms with Crippen molar-refractivity contribution in [3.63, 3.8) is 0 Å². The number of rotatable bonds is 7. The zero-order valence-electron chi connectivity index (χ0n) is 15.5. The third-order valence-electron chi connectivity index (χ3n) is 4.40. The first-order valence-corrected chi connectivity index (χ1v) is 8.91. The molecule has 1 aromatic heterocycles. The molecule has 0 spiro atoms. The van der Waals surface area contributed by atoms with E-state index in [-0.39, 0.29) is 23.2 Å². The van der Waals surface area contributed by atoms with Gasteiger partial charge in [-0.15, -0.1) is 0 Å². The molecule has 0 saturated carbocycles. The standard InChI is InChI=1S/C20H24N4O2/c1-4-6-13-24-19(25)12-11-18(22-24)20(26)23(5-2)15(3)17-9-7-16(14-21)8-10-17/h7-12,15H,4-6,13H2,1-3H3. The summed E-state index contributed by atoms with van der Waals surface area (Å²) in [6.45, 7) is 6.91. The van der Waals surface area contributed by atoms with Crippen LogP contribution in [0.25, 0.3) is 0 Å². The molecule has 6 nitrogen and oxygen atoms in total. The molecule has 1 heterocycles. The average Bonchev–Trinajstić information content (AvgIpc) is 2.67. The molecule has 1 aromatic carbocycles. The number of aryl methyl sites for hydroxylation is 1. The van der Waals surface area contributed by atoms with E-state index in [0.717, 1.165) is 18.4 Å². The highest BCUT2D eigenvalue weighted by molar-refractivity contribution is 5.92. The number of nitriles is 1. The summed E-state index contributed by atoms with van der Waals surface area (Å²) in [4.78, 5) is 26.6. The minimum absolute atomic E-state index is 0.168. The molecule has 0 fully saturated rings. The van der Waals surface area contributed by atoms with Crippen LogP contribution in [0.1, 0.15) is 61.3 Å². The maximum Gasteiger partial charge on any atom is 0.274 e. The molecule has 0 aliphatic heterocycles. The number of unbranched alkanes of at least 4 members (excludes halogenated alkanes) is 1. The summed E-state index contributed by atoms with van der Waals surface area (Å²) in [5, 5.41) is 13.2. The average molecular weight is 352 g/mol. The quantitative estimate of drug-likeness (QED) is 0.767. The number of amides is 1. The number of benzene rings is 1. The first kappa shape index (κ1) is 19.4. The zero-order valence-corrected chi connectivity index (χ0v) is 15.5. The van der Waals surface area contributed by atoms with Crippen molar-refractivity contribution in [1.82, 2.24) is 14.7 Å². The Morgan fingerprint density at radius 1 is 1.23 bits per heavy atom. The molecular formula is C20H24N4O2. The molecule has 0 N–H and O–H groups in total. The Bertz CT molecular complexity index is 849. The lowest BCUT2D eigenvalue weighted by atomic mass is 10.0. The Kier molecular flexibility index (Phi) is 6.67. The van der Waals surface area contributed by atoms with Gasteiger partial charge in [0, 0.05) is 19.2 Å². The van der Waals surface area contributed by atoms with Crippen molar-refractivity contribution in [3.05, 3.63) is 63.6 Å². The summed E-state index contributed by atoms with van der Waals surface area (Å²) in [6.07, 6.45) is 1.78. The number of carbonyl (C=O) groups is 1. The van der Waals surface area contributed by atoms with E-state index in [1.54, 1.807) is 17.0 Å². The van der Waals surface area contributed by atoms with Gasteiger partial charge in [0.1, 0.15) is 5.69 Å². The Balaban J connectivity index is 2.27. The van der Waals surface area contributed by atoms with Crippen LogP contribution in [0.3, 0.4) is 0 Å². The van der Waals surface area contributed by atoms with Crippen molar-refractivity contribution in [2.45, 2.75) is 46.2 Å². The second-order valence-electron chi connectivity index (χ2n) is 6.13. The lowest BCUT2D eigenvalue weighted by molar-refractivity contribution is 0.0693. The second kappa shape index (κ2) is 8.95. The predicted molar refractivity (Wildman–Crippen MR) is 99.7 cm³/mol. The van der Waals surface area contributed by atoms with Gasteiger partial charge in [0.25, 0.3) is 11.5 Å². The summed E-state index contributed by atoms with van der Waals surface area (Å²) in [5.74, 6) is -0.213. The molecule has 6 heteroatoms. The fourth-order valence-corrected chi connectivity index (χ4v) is 2.79. The van der Waals surface area contributed by atoms with E-state index in [0.29, 0.717) is 18.7 Å². The van der Waals surface area contributed by atoms with E-state index in [4.69, 9.17) is 5.26 Å². The van der Waals surface area contributed by atoms with E-state index in [1.807, 2.05) is 32.9 Å². The van der Waals surface area contributed by atoms with Crippen molar-refractivity contribution < 1.29 is 4.79 Å². The SMILES string of the molecule is CCCCn1nc(C(=O)N(CC)C(C)c2ccc(C#N)cc2)ccc1=O. The van der Waals surface area contributed by atoms with Gasteiger partial charge >= 0.3 is 0 Å². The molecule has 2 rings (SSSR count). The Morgan fingerprint density at radius 2 is 1.92 bits per heavy atom. The van der Waals surface area contributed by atoms with E-state index in [2.05, 4.69) is 11.2 Å². The number of hydrogen-bond donors (Lipinski definition) is 0. The van der Waals surface area contributed by atoms with Crippen LogP contribution in [0, 0.1) is 11.3 Å². The summed E-state index contributed by atoms with van der Waals surface area (Å²) in [6, 6.07) is 12.0. The number of nitrogens with zero attached hydrogens (tertiary/aromatic N) is 4. The van der Waals surface area contributed by atoms with E-state index >= 15 is 0 Å². The highest BCUT2D eigenvalue weighted by Gasteiger charge is 2.23. The summed E-state index contributed by atoms with van der Waals surface area (Å²) < 4.78 is 1.36. The van der Waals surface area contributed by atoms with Crippen molar-refractivity contribution >= 4 is 5.91 Å². The molecule has 0 aliphatic rings. The molecule has 1 amide bonds. The largest absolute Gasteiger partial charge is 0.331 e. The van der Waals surface area contributed by atoms with Gasteiger partial charge in [-0.3, -0.25) is 9.59 Å². The molecule has 136 valence electrons. The van der Waals surface area contributed by atoms with Crippen LogP contribution in [0.5, 0.6) is 0 Å². The van der Waals surface area contributed by atoms with Crippen LogP contribution in [0.15, 0.2) is 41.2 Å². The second-order valence-corrected chi connectivity index (χ2v) is 6.13. The zero-order chi connectivity index (χ0) is 19.1. The highest BCUT2D eigenvalue weighted by Crippen LogP contribution is 2.22. The van der Waals surface area contributed by atoms with Gasteiger partial charge < -0.3 is 4.90 Å².